The van der Waals surface area contributed by atoms with Gasteiger partial charge in [-0.3, -0.25) is 9.59 Å². The van der Waals surface area contributed by atoms with Crippen LogP contribution in [-0.4, -0.2) is 37.0 Å². The second-order valence-corrected chi connectivity index (χ2v) is 10.2. The largest absolute Gasteiger partial charge is 0.497 e. The van der Waals surface area contributed by atoms with Gasteiger partial charge in [-0.1, -0.05) is 49.6 Å². The first kappa shape index (κ1) is 25.8. The number of thiophene rings is 1. The molecular weight excluding hydrogens is 472 g/mol. The number of ether oxygens (including phenoxy) is 2. The number of nitrogens with one attached hydrogen (secondary N) is 1. The Hall–Kier alpha value is -3.32. The Morgan fingerprint density at radius 3 is 2.39 bits per heavy atom. The first-order chi connectivity index (χ1) is 17.6. The van der Waals surface area contributed by atoms with E-state index in [9.17, 15) is 9.59 Å². The topological polar surface area (TPSA) is 67.9 Å². The average molecular weight is 507 g/mol. The van der Waals surface area contributed by atoms with E-state index in [4.69, 9.17) is 9.47 Å². The van der Waals surface area contributed by atoms with E-state index in [0.717, 1.165) is 41.7 Å². The Kier molecular flexibility index (Phi) is 9.01. The Morgan fingerprint density at radius 2 is 1.72 bits per heavy atom. The fourth-order valence-corrected chi connectivity index (χ4v) is 5.44. The van der Waals surface area contributed by atoms with Gasteiger partial charge >= 0.3 is 0 Å². The Labute approximate surface area is 217 Å². The standard InChI is InChI=1S/C29H34N2O4S/c1-34-24-15-13-22(14-16-24)28(29(33)30-23-9-4-3-5-10-23)31(27(32)19-26-12-7-17-36-26)20-21-8-6-11-25(18-21)35-2/h6-8,11-18,23,28H,3-5,9-10,19-20H2,1-2H3,(H,30,33)/t28-/m1/s1. The highest BCUT2D eigenvalue weighted by Gasteiger charge is 2.33. The zero-order chi connectivity index (χ0) is 25.3. The summed E-state index contributed by atoms with van der Waals surface area (Å²) in [5.41, 5.74) is 1.66. The molecule has 1 heterocycles. The number of amides is 2. The van der Waals surface area contributed by atoms with Gasteiger partial charge in [-0.2, -0.15) is 0 Å². The van der Waals surface area contributed by atoms with Gasteiger partial charge in [-0.25, -0.2) is 0 Å². The number of benzene rings is 2. The average Bonchev–Trinajstić information content (AvgIpc) is 3.42. The van der Waals surface area contributed by atoms with Crippen LogP contribution in [-0.2, 0) is 22.6 Å². The van der Waals surface area contributed by atoms with Crippen LogP contribution in [0.1, 0.15) is 54.1 Å². The van der Waals surface area contributed by atoms with Crippen LogP contribution in [0, 0.1) is 0 Å². The predicted octanol–water partition coefficient (Wildman–Crippen LogP) is 5.53. The molecule has 0 spiro atoms. The third kappa shape index (κ3) is 6.66. The smallest absolute Gasteiger partial charge is 0.247 e. The second-order valence-electron chi connectivity index (χ2n) is 9.15. The van der Waals surface area contributed by atoms with Crippen molar-refractivity contribution in [3.63, 3.8) is 0 Å². The minimum atomic E-state index is -0.767. The zero-order valence-corrected chi connectivity index (χ0v) is 21.8. The lowest BCUT2D eigenvalue weighted by Crippen LogP contribution is -2.47. The van der Waals surface area contributed by atoms with Crippen LogP contribution in [0.25, 0.3) is 0 Å². The van der Waals surface area contributed by atoms with Crippen molar-refractivity contribution in [2.75, 3.05) is 14.2 Å². The first-order valence-corrected chi connectivity index (χ1v) is 13.3. The third-order valence-corrected chi connectivity index (χ3v) is 7.53. The third-order valence-electron chi connectivity index (χ3n) is 6.66. The van der Waals surface area contributed by atoms with E-state index < -0.39 is 6.04 Å². The summed E-state index contributed by atoms with van der Waals surface area (Å²) in [7, 11) is 3.23. The van der Waals surface area contributed by atoms with Crippen molar-refractivity contribution in [1.29, 1.82) is 0 Å². The van der Waals surface area contributed by atoms with Crippen LogP contribution in [0.2, 0.25) is 0 Å². The molecule has 0 radical (unpaired) electrons. The lowest BCUT2D eigenvalue weighted by Gasteiger charge is -2.33. The molecule has 4 rings (SSSR count). The molecule has 0 aliphatic heterocycles. The number of nitrogens with zero attached hydrogens (tertiary/aromatic N) is 1. The second kappa shape index (κ2) is 12.6. The Balaban J connectivity index is 1.70. The van der Waals surface area contributed by atoms with Crippen LogP contribution in [0.5, 0.6) is 11.5 Å². The quantitative estimate of drug-likeness (QED) is 0.393. The van der Waals surface area contributed by atoms with E-state index in [1.54, 1.807) is 30.5 Å². The summed E-state index contributed by atoms with van der Waals surface area (Å²) < 4.78 is 10.7. The first-order valence-electron chi connectivity index (χ1n) is 12.5. The van der Waals surface area contributed by atoms with Crippen LogP contribution >= 0.6 is 11.3 Å². The minimum absolute atomic E-state index is 0.0973. The van der Waals surface area contributed by atoms with Crippen molar-refractivity contribution < 1.29 is 19.1 Å². The van der Waals surface area contributed by atoms with E-state index in [-0.39, 0.29) is 30.8 Å². The predicted molar refractivity (Wildman–Crippen MR) is 142 cm³/mol. The van der Waals surface area contributed by atoms with Gasteiger partial charge in [0.05, 0.1) is 20.6 Å². The number of hydrogen-bond donors (Lipinski definition) is 1. The number of rotatable bonds is 10. The molecule has 6 nitrogen and oxygen atoms in total. The molecule has 2 amide bonds. The molecule has 1 aliphatic rings. The van der Waals surface area contributed by atoms with Crippen molar-refractivity contribution in [3.05, 3.63) is 82.0 Å². The zero-order valence-electron chi connectivity index (χ0n) is 20.9. The minimum Gasteiger partial charge on any atom is -0.497 e. The SMILES string of the molecule is COc1ccc([C@H](C(=O)NC2CCCCC2)N(Cc2cccc(OC)c2)C(=O)Cc2cccs2)cc1. The fraction of sp³-hybridized carbons (Fsp3) is 0.379. The molecule has 0 bridgehead atoms. The number of carbonyl (C=O) groups is 2. The highest BCUT2D eigenvalue weighted by molar-refractivity contribution is 7.10. The van der Waals surface area contributed by atoms with Crippen molar-refractivity contribution in [3.8, 4) is 11.5 Å². The highest BCUT2D eigenvalue weighted by Crippen LogP contribution is 2.29. The molecule has 1 aromatic heterocycles. The van der Waals surface area contributed by atoms with Gasteiger partial charge in [-0.05, 0) is 59.7 Å². The molecule has 36 heavy (non-hydrogen) atoms. The van der Waals surface area contributed by atoms with E-state index >= 15 is 0 Å². The summed E-state index contributed by atoms with van der Waals surface area (Å²) in [5, 5.41) is 5.23. The molecule has 2 aromatic carbocycles. The molecule has 1 saturated carbocycles. The van der Waals surface area contributed by atoms with Gasteiger partial charge in [-0.15, -0.1) is 11.3 Å². The summed E-state index contributed by atoms with van der Waals surface area (Å²) in [4.78, 5) is 30.3. The molecule has 190 valence electrons. The van der Waals surface area contributed by atoms with E-state index in [1.807, 2.05) is 66.0 Å². The molecule has 3 aromatic rings. The van der Waals surface area contributed by atoms with Gasteiger partial charge in [0.2, 0.25) is 11.8 Å². The molecule has 1 atom stereocenters. The molecule has 0 saturated heterocycles. The summed E-state index contributed by atoms with van der Waals surface area (Å²) >= 11 is 1.55. The molecule has 1 fully saturated rings. The summed E-state index contributed by atoms with van der Waals surface area (Å²) in [6.07, 6.45) is 5.62. The van der Waals surface area contributed by atoms with E-state index in [1.165, 1.54) is 6.42 Å². The van der Waals surface area contributed by atoms with Crippen LogP contribution in [0.3, 0.4) is 0 Å². The lowest BCUT2D eigenvalue weighted by atomic mass is 9.94. The summed E-state index contributed by atoms with van der Waals surface area (Å²) in [5.74, 6) is 1.18. The van der Waals surface area contributed by atoms with Gasteiger partial charge < -0.3 is 19.7 Å². The van der Waals surface area contributed by atoms with Crippen LogP contribution in [0.15, 0.2) is 66.0 Å². The normalized spacial score (nSPS) is 14.6. The fourth-order valence-electron chi connectivity index (χ4n) is 4.74. The van der Waals surface area contributed by atoms with Crippen molar-refractivity contribution in [2.45, 2.75) is 57.2 Å². The van der Waals surface area contributed by atoms with Gasteiger partial charge in [0.25, 0.3) is 0 Å². The molecule has 1 aliphatic carbocycles. The summed E-state index contributed by atoms with van der Waals surface area (Å²) in [6, 6.07) is 18.3. The maximum absolute atomic E-state index is 13.9. The maximum Gasteiger partial charge on any atom is 0.247 e. The molecule has 0 unspecified atom stereocenters. The van der Waals surface area contributed by atoms with Gasteiger partial charge in [0, 0.05) is 17.5 Å². The van der Waals surface area contributed by atoms with Crippen molar-refractivity contribution in [1.82, 2.24) is 10.2 Å². The van der Waals surface area contributed by atoms with Crippen molar-refractivity contribution in [2.24, 2.45) is 0 Å². The van der Waals surface area contributed by atoms with Gasteiger partial charge in [0.1, 0.15) is 17.5 Å². The van der Waals surface area contributed by atoms with Crippen LogP contribution in [0.4, 0.5) is 0 Å². The monoisotopic (exact) mass is 506 g/mol. The Morgan fingerprint density at radius 1 is 0.972 bits per heavy atom. The molecular formula is C29H34N2O4S. The van der Waals surface area contributed by atoms with Crippen LogP contribution < -0.4 is 14.8 Å². The molecule has 1 N–H and O–H groups in total. The van der Waals surface area contributed by atoms with Gasteiger partial charge in [0.15, 0.2) is 0 Å². The van der Waals surface area contributed by atoms with E-state index in [2.05, 4.69) is 5.32 Å². The lowest BCUT2D eigenvalue weighted by molar-refractivity contribution is -0.141. The maximum atomic E-state index is 13.9. The summed E-state index contributed by atoms with van der Waals surface area (Å²) in [6.45, 7) is 0.288. The Bertz CT molecular complexity index is 1120. The number of carbonyl (C=O) groups excluding carboxylic acids is 2. The number of hydrogen-bond acceptors (Lipinski definition) is 5. The van der Waals surface area contributed by atoms with E-state index in [0.29, 0.717) is 11.5 Å². The highest BCUT2D eigenvalue weighted by atomic mass is 32.1. The number of methoxy groups -OCH3 is 2. The van der Waals surface area contributed by atoms with Crippen molar-refractivity contribution >= 4 is 23.2 Å². The molecule has 7 heteroatoms.